The lowest BCUT2D eigenvalue weighted by molar-refractivity contribution is -0.439. The zero-order valence-corrected chi connectivity index (χ0v) is 25.6. The molecule has 0 spiro atoms. The first kappa shape index (κ1) is 30.2. The Morgan fingerprint density at radius 3 is 2.02 bits per heavy atom. The molecular weight excluding hydrogens is 516 g/mol. The van der Waals surface area contributed by atoms with E-state index in [9.17, 15) is 20.2 Å². The van der Waals surface area contributed by atoms with Crippen LogP contribution in [0.5, 0.6) is 0 Å². The van der Waals surface area contributed by atoms with E-state index in [1.807, 2.05) is 12.1 Å². The maximum absolute atomic E-state index is 11.6. The number of nitrogens with zero attached hydrogens (tertiary/aromatic N) is 4. The first-order chi connectivity index (χ1) is 19.2. The molecule has 0 fully saturated rings. The first-order valence-corrected chi connectivity index (χ1v) is 14.6. The fraction of sp³-hybridized carbons (Fsp3) is 0.485. The second-order valence-electron chi connectivity index (χ2n) is 13.1. The van der Waals surface area contributed by atoms with Crippen molar-refractivity contribution in [1.29, 1.82) is 0 Å². The molecule has 0 bridgehead atoms. The van der Waals surface area contributed by atoms with Gasteiger partial charge in [0.2, 0.25) is 5.69 Å². The predicted octanol–water partition coefficient (Wildman–Crippen LogP) is 8.21. The summed E-state index contributed by atoms with van der Waals surface area (Å²) in [4.78, 5) is 24.8. The normalized spacial score (nSPS) is 18.2. The Bertz CT molecular complexity index is 1460. The third kappa shape index (κ3) is 5.69. The van der Waals surface area contributed by atoms with Crippen LogP contribution in [0.2, 0.25) is 0 Å². The van der Waals surface area contributed by atoms with E-state index < -0.39 is 10.8 Å². The lowest BCUT2D eigenvalue weighted by Gasteiger charge is -2.27. The lowest BCUT2D eigenvalue weighted by atomic mass is 9.81. The number of fused-ring (bicyclic) bond motifs is 2. The molecule has 0 aromatic heterocycles. The van der Waals surface area contributed by atoms with Gasteiger partial charge in [-0.15, -0.1) is 0 Å². The molecule has 41 heavy (non-hydrogen) atoms. The summed E-state index contributed by atoms with van der Waals surface area (Å²) in [6.45, 7) is 19.0. The SMILES string of the molecule is CC(C)CCN1C(=CC=CC2=[N+](CCC(C)C)c3ccc([N+](=O)[O-])cc3C2(C)C)C(C)(C)c2cc([N+](=O)[O-])ccc21. The minimum Gasteiger partial charge on any atom is -0.344 e. The van der Waals surface area contributed by atoms with E-state index in [-0.39, 0.29) is 21.2 Å². The highest BCUT2D eigenvalue weighted by Crippen LogP contribution is 2.49. The smallest absolute Gasteiger partial charge is 0.270 e. The van der Waals surface area contributed by atoms with Crippen molar-refractivity contribution in [1.82, 2.24) is 0 Å². The number of allylic oxidation sites excluding steroid dienone is 4. The van der Waals surface area contributed by atoms with Gasteiger partial charge in [-0.25, -0.2) is 0 Å². The first-order valence-electron chi connectivity index (χ1n) is 14.6. The van der Waals surface area contributed by atoms with Crippen LogP contribution in [0.1, 0.15) is 79.4 Å². The quantitative estimate of drug-likeness (QED) is 0.166. The van der Waals surface area contributed by atoms with Gasteiger partial charge in [0, 0.05) is 71.7 Å². The maximum atomic E-state index is 11.6. The van der Waals surface area contributed by atoms with Crippen molar-refractivity contribution in [3.63, 3.8) is 0 Å². The molecule has 2 aliphatic heterocycles. The highest BCUT2D eigenvalue weighted by molar-refractivity contribution is 6.03. The average Bonchev–Trinajstić information content (AvgIpc) is 3.24. The fourth-order valence-corrected chi connectivity index (χ4v) is 6.04. The van der Waals surface area contributed by atoms with Crippen molar-refractivity contribution >= 4 is 28.5 Å². The Labute approximate surface area is 243 Å². The van der Waals surface area contributed by atoms with Crippen molar-refractivity contribution in [2.24, 2.45) is 11.8 Å². The van der Waals surface area contributed by atoms with E-state index in [1.165, 1.54) is 0 Å². The molecule has 0 unspecified atom stereocenters. The van der Waals surface area contributed by atoms with Crippen LogP contribution < -0.4 is 4.90 Å². The van der Waals surface area contributed by atoms with Crippen LogP contribution in [0.3, 0.4) is 0 Å². The van der Waals surface area contributed by atoms with E-state index in [0.29, 0.717) is 11.8 Å². The van der Waals surface area contributed by atoms with Crippen molar-refractivity contribution in [3.8, 4) is 0 Å². The minimum atomic E-state index is -0.417. The molecule has 218 valence electrons. The van der Waals surface area contributed by atoms with Crippen molar-refractivity contribution in [2.75, 3.05) is 18.0 Å². The van der Waals surface area contributed by atoms with Crippen LogP contribution in [-0.4, -0.2) is 33.2 Å². The van der Waals surface area contributed by atoms with Gasteiger partial charge in [-0.2, -0.15) is 4.58 Å². The zero-order chi connectivity index (χ0) is 30.3. The van der Waals surface area contributed by atoms with Crippen molar-refractivity contribution in [3.05, 3.63) is 91.7 Å². The Morgan fingerprint density at radius 2 is 1.44 bits per heavy atom. The molecule has 0 saturated heterocycles. The van der Waals surface area contributed by atoms with Gasteiger partial charge in [0.1, 0.15) is 6.54 Å². The highest BCUT2D eigenvalue weighted by Gasteiger charge is 2.45. The largest absolute Gasteiger partial charge is 0.344 e. The maximum Gasteiger partial charge on any atom is 0.270 e. The van der Waals surface area contributed by atoms with Crippen LogP contribution >= 0.6 is 0 Å². The lowest BCUT2D eigenvalue weighted by Crippen LogP contribution is -2.29. The summed E-state index contributed by atoms with van der Waals surface area (Å²) in [7, 11) is 0. The third-order valence-corrected chi connectivity index (χ3v) is 8.54. The van der Waals surface area contributed by atoms with Gasteiger partial charge < -0.3 is 4.90 Å². The molecular formula is C33H43N4O4+. The number of rotatable bonds is 10. The van der Waals surface area contributed by atoms with Crippen LogP contribution in [0.15, 0.2) is 60.3 Å². The number of hydrogen-bond acceptors (Lipinski definition) is 5. The summed E-state index contributed by atoms with van der Waals surface area (Å²) in [5.74, 6) is 1.04. The number of nitro groups is 2. The molecule has 8 nitrogen and oxygen atoms in total. The van der Waals surface area contributed by atoms with Gasteiger partial charge in [-0.1, -0.05) is 47.6 Å². The van der Waals surface area contributed by atoms with Crippen LogP contribution in [-0.2, 0) is 10.8 Å². The Balaban J connectivity index is 1.79. The summed E-state index contributed by atoms with van der Waals surface area (Å²) in [5, 5.41) is 23.1. The van der Waals surface area contributed by atoms with E-state index in [2.05, 4.69) is 83.1 Å². The number of benzene rings is 2. The molecule has 0 amide bonds. The molecule has 2 aromatic carbocycles. The van der Waals surface area contributed by atoms with Crippen LogP contribution in [0, 0.1) is 32.1 Å². The predicted molar refractivity (Wildman–Crippen MR) is 166 cm³/mol. The summed E-state index contributed by atoms with van der Waals surface area (Å²) < 4.78 is 2.31. The molecule has 2 aromatic rings. The highest BCUT2D eigenvalue weighted by atomic mass is 16.6. The Morgan fingerprint density at radius 1 is 0.854 bits per heavy atom. The van der Waals surface area contributed by atoms with Gasteiger partial charge >= 0.3 is 0 Å². The summed E-state index contributed by atoms with van der Waals surface area (Å²) >= 11 is 0. The minimum absolute atomic E-state index is 0.105. The molecule has 8 heteroatoms. The van der Waals surface area contributed by atoms with Crippen molar-refractivity contribution < 1.29 is 14.4 Å². The Kier molecular flexibility index (Phi) is 8.25. The molecule has 0 N–H and O–H groups in total. The zero-order valence-electron chi connectivity index (χ0n) is 25.6. The van der Waals surface area contributed by atoms with Gasteiger partial charge in [0.15, 0.2) is 5.71 Å². The monoisotopic (exact) mass is 559 g/mol. The van der Waals surface area contributed by atoms with E-state index in [4.69, 9.17) is 0 Å². The fourth-order valence-electron chi connectivity index (χ4n) is 6.04. The summed E-state index contributed by atoms with van der Waals surface area (Å²) in [5.41, 5.74) is 5.54. The number of non-ortho nitro benzene ring substituents is 2. The topological polar surface area (TPSA) is 92.5 Å². The molecule has 4 rings (SSSR count). The number of anilines is 1. The standard InChI is InChI=1S/C33H43N4O4/c1-22(2)16-18-34-28-14-12-24(36(38)39)20-26(28)32(5,6)30(34)10-9-11-31-33(7,8)27-21-25(37(40)41)13-15-29(27)35(31)19-17-23(3)4/h9-15,20-23H,16-19H2,1-8H3/q+1. The van der Waals surface area contributed by atoms with Gasteiger partial charge in [-0.3, -0.25) is 20.2 Å². The third-order valence-electron chi connectivity index (χ3n) is 8.54. The van der Waals surface area contributed by atoms with Gasteiger partial charge in [0.25, 0.3) is 11.4 Å². The Hall–Kier alpha value is -3.81. The number of hydrogen-bond donors (Lipinski definition) is 0. The van der Waals surface area contributed by atoms with Crippen LogP contribution in [0.4, 0.5) is 22.7 Å². The second-order valence-corrected chi connectivity index (χ2v) is 13.1. The molecule has 2 heterocycles. The van der Waals surface area contributed by atoms with Gasteiger partial charge in [-0.05, 0) is 49.8 Å². The molecule has 0 saturated carbocycles. The van der Waals surface area contributed by atoms with Crippen molar-refractivity contribution in [2.45, 2.75) is 79.1 Å². The van der Waals surface area contributed by atoms with Crippen LogP contribution in [0.25, 0.3) is 0 Å². The summed E-state index contributed by atoms with van der Waals surface area (Å²) in [6, 6.07) is 10.4. The molecule has 0 radical (unpaired) electrons. The van der Waals surface area contributed by atoms with E-state index in [1.54, 1.807) is 24.3 Å². The van der Waals surface area contributed by atoms with E-state index >= 15 is 0 Å². The van der Waals surface area contributed by atoms with E-state index in [0.717, 1.165) is 59.8 Å². The second kappa shape index (κ2) is 11.2. The molecule has 0 aliphatic carbocycles. The summed E-state index contributed by atoms with van der Waals surface area (Å²) in [6.07, 6.45) is 8.35. The molecule has 0 atom stereocenters. The number of nitro benzene ring substituents is 2. The average molecular weight is 560 g/mol. The van der Waals surface area contributed by atoms with Gasteiger partial charge in [0.05, 0.1) is 15.3 Å². The molecule has 2 aliphatic rings.